The number of nitrogens with zero attached hydrogens (tertiary/aromatic N) is 1. The van der Waals surface area contributed by atoms with Crippen LogP contribution in [0.5, 0.6) is 0 Å². The zero-order valence-electron chi connectivity index (χ0n) is 21.7. The van der Waals surface area contributed by atoms with Crippen LogP contribution in [0.4, 0.5) is 0 Å². The fraction of sp³-hybridized carbons (Fsp3) is 0.364. The van der Waals surface area contributed by atoms with Crippen LogP contribution >= 0.6 is 0 Å². The summed E-state index contributed by atoms with van der Waals surface area (Å²) < 4.78 is 2.28. The zero-order valence-corrected chi connectivity index (χ0v) is 21.7. The van der Waals surface area contributed by atoms with E-state index in [1.54, 1.807) is 0 Å². The van der Waals surface area contributed by atoms with E-state index in [1.807, 2.05) is 0 Å². The van der Waals surface area contributed by atoms with Crippen molar-refractivity contribution in [2.24, 2.45) is 12.5 Å². The third-order valence-corrected chi connectivity index (χ3v) is 8.22. The van der Waals surface area contributed by atoms with Crippen molar-refractivity contribution >= 4 is 10.8 Å². The maximum Gasteiger partial charge on any atom is 0.220 e. The summed E-state index contributed by atoms with van der Waals surface area (Å²) in [6.07, 6.45) is 7.51. The van der Waals surface area contributed by atoms with Gasteiger partial charge in [-0.05, 0) is 109 Å². The number of benzene rings is 3. The van der Waals surface area contributed by atoms with Crippen molar-refractivity contribution in [1.82, 2.24) is 0 Å². The maximum atomic E-state index is 2.46. The van der Waals surface area contributed by atoms with E-state index >= 15 is 0 Å². The lowest BCUT2D eigenvalue weighted by atomic mass is 9.71. The lowest BCUT2D eigenvalue weighted by Crippen LogP contribution is -2.30. The van der Waals surface area contributed by atoms with Gasteiger partial charge in [-0.25, -0.2) is 4.57 Å². The molecule has 0 radical (unpaired) electrons. The molecule has 5 rings (SSSR count). The minimum absolute atomic E-state index is 0.509. The Hall–Kier alpha value is -2.93. The first-order valence-electron chi connectivity index (χ1n) is 12.8. The first kappa shape index (κ1) is 22.8. The lowest BCUT2D eigenvalue weighted by molar-refractivity contribution is -0.659. The zero-order chi connectivity index (χ0) is 24.0. The van der Waals surface area contributed by atoms with Crippen LogP contribution in [0.3, 0.4) is 0 Å². The molecule has 0 amide bonds. The molecule has 3 aromatic carbocycles. The van der Waals surface area contributed by atoms with Gasteiger partial charge in [0.1, 0.15) is 7.05 Å². The minimum Gasteiger partial charge on any atom is -0.200 e. The summed E-state index contributed by atoms with van der Waals surface area (Å²) in [5, 5.41) is 2.70. The molecule has 1 aliphatic rings. The molecule has 0 bridgehead atoms. The molecule has 1 heterocycles. The number of aromatic nitrogens is 1. The van der Waals surface area contributed by atoms with Crippen molar-refractivity contribution in [2.45, 2.75) is 66.2 Å². The summed E-state index contributed by atoms with van der Waals surface area (Å²) in [6, 6.07) is 23.1. The Morgan fingerprint density at radius 2 is 1.50 bits per heavy atom. The standard InChI is InChI=1S/C33H38N/c1-22-8-7-9-23(2)31(22)28-11-12-29(24(3)20-28)32-30-13-10-26(21-27(30)16-19-34(32)6)25-14-17-33(4,5)18-15-25/h7-13,16,19-21,25H,14-15,17-18H2,1-6H3/q+1. The van der Waals surface area contributed by atoms with Gasteiger partial charge in [0.25, 0.3) is 0 Å². The van der Waals surface area contributed by atoms with Crippen LogP contribution in [-0.4, -0.2) is 0 Å². The van der Waals surface area contributed by atoms with Crippen LogP contribution in [0.25, 0.3) is 33.2 Å². The van der Waals surface area contributed by atoms with Crippen molar-refractivity contribution < 1.29 is 4.57 Å². The van der Waals surface area contributed by atoms with Crippen LogP contribution in [0, 0.1) is 26.2 Å². The third kappa shape index (κ3) is 4.17. The van der Waals surface area contributed by atoms with Crippen molar-refractivity contribution in [2.75, 3.05) is 0 Å². The Kier molecular flexibility index (Phi) is 5.84. The molecule has 4 aromatic rings. The molecule has 1 fully saturated rings. The molecule has 34 heavy (non-hydrogen) atoms. The van der Waals surface area contributed by atoms with E-state index < -0.39 is 0 Å². The van der Waals surface area contributed by atoms with Gasteiger partial charge >= 0.3 is 0 Å². The predicted octanol–water partition coefficient (Wildman–Crippen LogP) is 8.61. The molecule has 174 valence electrons. The summed E-state index contributed by atoms with van der Waals surface area (Å²) in [5.41, 5.74) is 11.3. The van der Waals surface area contributed by atoms with E-state index in [2.05, 4.69) is 113 Å². The van der Waals surface area contributed by atoms with Gasteiger partial charge in [-0.3, -0.25) is 0 Å². The summed E-state index contributed by atoms with van der Waals surface area (Å²) >= 11 is 0. The van der Waals surface area contributed by atoms with Crippen LogP contribution in [0.15, 0.2) is 66.9 Å². The topological polar surface area (TPSA) is 3.88 Å². The van der Waals surface area contributed by atoms with Gasteiger partial charge < -0.3 is 0 Å². The van der Waals surface area contributed by atoms with Crippen molar-refractivity contribution in [1.29, 1.82) is 0 Å². The molecule has 0 atom stereocenters. The number of hydrogen-bond acceptors (Lipinski definition) is 0. The highest BCUT2D eigenvalue weighted by Crippen LogP contribution is 2.43. The van der Waals surface area contributed by atoms with E-state index in [0.717, 1.165) is 0 Å². The average Bonchev–Trinajstić information content (AvgIpc) is 2.79. The fourth-order valence-electron chi connectivity index (χ4n) is 6.07. The van der Waals surface area contributed by atoms with Gasteiger partial charge in [0, 0.05) is 11.6 Å². The highest BCUT2D eigenvalue weighted by molar-refractivity contribution is 5.94. The second-order valence-electron chi connectivity index (χ2n) is 11.4. The second kappa shape index (κ2) is 8.69. The molecular formula is C33H38N+. The molecule has 0 spiro atoms. The molecule has 1 aliphatic carbocycles. The van der Waals surface area contributed by atoms with E-state index in [-0.39, 0.29) is 0 Å². The second-order valence-corrected chi connectivity index (χ2v) is 11.4. The number of pyridine rings is 1. The Labute approximate surface area is 205 Å². The number of rotatable bonds is 3. The van der Waals surface area contributed by atoms with Gasteiger partial charge in [0.15, 0.2) is 6.20 Å². The van der Waals surface area contributed by atoms with E-state index in [1.165, 1.54) is 81.1 Å². The van der Waals surface area contributed by atoms with Gasteiger partial charge in [0.05, 0.1) is 5.39 Å². The summed E-state index contributed by atoms with van der Waals surface area (Å²) in [7, 11) is 2.17. The molecular weight excluding hydrogens is 410 g/mol. The molecule has 0 unspecified atom stereocenters. The summed E-state index contributed by atoms with van der Waals surface area (Å²) in [6.45, 7) is 11.5. The molecule has 1 aromatic heterocycles. The highest BCUT2D eigenvalue weighted by Gasteiger charge is 2.28. The van der Waals surface area contributed by atoms with Gasteiger partial charge in [-0.15, -0.1) is 0 Å². The number of aryl methyl sites for hydroxylation is 4. The van der Waals surface area contributed by atoms with Gasteiger partial charge in [-0.1, -0.05) is 56.3 Å². The monoisotopic (exact) mass is 448 g/mol. The van der Waals surface area contributed by atoms with E-state index in [9.17, 15) is 0 Å². The van der Waals surface area contributed by atoms with Gasteiger partial charge in [-0.2, -0.15) is 0 Å². The Morgan fingerprint density at radius 1 is 0.794 bits per heavy atom. The molecule has 0 aliphatic heterocycles. The van der Waals surface area contributed by atoms with E-state index in [4.69, 9.17) is 0 Å². The lowest BCUT2D eigenvalue weighted by Gasteiger charge is -2.34. The van der Waals surface area contributed by atoms with Crippen LogP contribution in [-0.2, 0) is 7.05 Å². The fourth-order valence-corrected chi connectivity index (χ4v) is 6.07. The molecule has 1 heteroatoms. The van der Waals surface area contributed by atoms with Gasteiger partial charge in [0.2, 0.25) is 5.69 Å². The molecule has 1 saturated carbocycles. The Bertz CT molecular complexity index is 1340. The predicted molar refractivity (Wildman–Crippen MR) is 145 cm³/mol. The van der Waals surface area contributed by atoms with Crippen LogP contribution in [0.2, 0.25) is 0 Å². The number of hydrogen-bond donors (Lipinski definition) is 0. The summed E-state index contributed by atoms with van der Waals surface area (Å²) in [4.78, 5) is 0. The Morgan fingerprint density at radius 3 is 2.18 bits per heavy atom. The van der Waals surface area contributed by atoms with Crippen molar-refractivity contribution in [3.05, 3.63) is 89.1 Å². The largest absolute Gasteiger partial charge is 0.220 e. The SMILES string of the molecule is Cc1cc(-c2c(C)cccc2C)ccc1-c1c2ccc(C3CCC(C)(C)CC3)cc2cc[n+]1C. The van der Waals surface area contributed by atoms with Crippen molar-refractivity contribution in [3.8, 4) is 22.4 Å². The third-order valence-electron chi connectivity index (χ3n) is 8.22. The summed E-state index contributed by atoms with van der Waals surface area (Å²) in [5.74, 6) is 0.702. The first-order chi connectivity index (χ1) is 16.2. The average molecular weight is 449 g/mol. The molecule has 0 N–H and O–H groups in total. The van der Waals surface area contributed by atoms with Crippen LogP contribution < -0.4 is 4.57 Å². The Balaban J connectivity index is 1.55. The quantitative estimate of drug-likeness (QED) is 0.276. The van der Waals surface area contributed by atoms with Crippen molar-refractivity contribution in [3.63, 3.8) is 0 Å². The molecule has 0 saturated heterocycles. The first-order valence-corrected chi connectivity index (χ1v) is 12.8. The normalized spacial score (nSPS) is 16.2. The minimum atomic E-state index is 0.509. The highest BCUT2D eigenvalue weighted by atomic mass is 14.9. The van der Waals surface area contributed by atoms with E-state index in [0.29, 0.717) is 11.3 Å². The maximum absolute atomic E-state index is 2.46. The number of fused-ring (bicyclic) bond motifs is 1. The van der Waals surface area contributed by atoms with Crippen LogP contribution in [0.1, 0.15) is 67.7 Å². The molecule has 1 nitrogen and oxygen atoms in total. The smallest absolute Gasteiger partial charge is 0.200 e.